The van der Waals surface area contributed by atoms with Crippen molar-refractivity contribution in [1.82, 2.24) is 4.98 Å². The van der Waals surface area contributed by atoms with E-state index in [1.54, 1.807) is 6.07 Å². The van der Waals surface area contributed by atoms with Crippen LogP contribution < -0.4 is 0 Å². The molecule has 4 nitrogen and oxygen atoms in total. The lowest BCUT2D eigenvalue weighted by Gasteiger charge is -2.06. The molecule has 0 saturated heterocycles. The number of aryl methyl sites for hydroxylation is 1. The summed E-state index contributed by atoms with van der Waals surface area (Å²) in [4.78, 5) is 14.1. The maximum atomic E-state index is 10.6. The summed E-state index contributed by atoms with van der Waals surface area (Å²) in [6.07, 6.45) is 1.32. The van der Waals surface area contributed by atoms with Gasteiger partial charge in [-0.15, -0.1) is 0 Å². The van der Waals surface area contributed by atoms with E-state index in [0.29, 0.717) is 0 Å². The maximum Gasteiger partial charge on any atom is 0.290 e. The van der Waals surface area contributed by atoms with Crippen LogP contribution in [0.25, 0.3) is 0 Å². The van der Waals surface area contributed by atoms with Gasteiger partial charge in [0.15, 0.2) is 0 Å². The van der Waals surface area contributed by atoms with Crippen LogP contribution in [0, 0.1) is 17.0 Å². The largest absolute Gasteiger partial charge is 0.290 e. The second kappa shape index (κ2) is 3.51. The number of nitrogens with zero attached hydrogens (tertiary/aromatic N) is 2. The fraction of sp³-hybridized carbons (Fsp3) is 0.444. The molecule has 0 bridgehead atoms. The van der Waals surface area contributed by atoms with Gasteiger partial charge in [-0.3, -0.25) is 15.1 Å². The van der Waals surface area contributed by atoms with Gasteiger partial charge in [0.25, 0.3) is 5.69 Å². The molecule has 0 atom stereocenters. The van der Waals surface area contributed by atoms with Crippen molar-refractivity contribution in [3.05, 3.63) is 33.6 Å². The smallest absolute Gasteiger partial charge is 0.258 e. The van der Waals surface area contributed by atoms with Crippen LogP contribution in [-0.4, -0.2) is 9.91 Å². The van der Waals surface area contributed by atoms with Gasteiger partial charge in [-0.05, 0) is 18.9 Å². The molecule has 0 unspecified atom stereocenters. The molecule has 4 heteroatoms. The zero-order chi connectivity index (χ0) is 10.0. The molecule has 1 aromatic heterocycles. The first-order valence-corrected chi connectivity index (χ1v) is 4.13. The van der Waals surface area contributed by atoms with Crippen molar-refractivity contribution < 1.29 is 4.92 Å². The van der Waals surface area contributed by atoms with Gasteiger partial charge >= 0.3 is 0 Å². The molecule has 0 saturated carbocycles. The van der Waals surface area contributed by atoms with E-state index < -0.39 is 0 Å². The molecule has 0 radical (unpaired) electrons. The Kier molecular flexibility index (Phi) is 2.60. The highest BCUT2D eigenvalue weighted by Gasteiger charge is 2.16. The molecule has 0 fully saturated rings. The SMILES string of the molecule is Cc1cc(C(C)C)c([N+](=O)[O-])cn1. The first-order chi connectivity index (χ1) is 6.02. The van der Waals surface area contributed by atoms with E-state index in [4.69, 9.17) is 0 Å². The van der Waals surface area contributed by atoms with E-state index in [1.807, 2.05) is 20.8 Å². The Labute approximate surface area is 76.8 Å². The van der Waals surface area contributed by atoms with E-state index in [2.05, 4.69) is 4.98 Å². The summed E-state index contributed by atoms with van der Waals surface area (Å²) in [5, 5.41) is 10.6. The molecular weight excluding hydrogens is 168 g/mol. The van der Waals surface area contributed by atoms with Gasteiger partial charge in [0.1, 0.15) is 6.20 Å². The summed E-state index contributed by atoms with van der Waals surface area (Å²) < 4.78 is 0. The fourth-order valence-corrected chi connectivity index (χ4v) is 1.19. The number of nitro groups is 1. The zero-order valence-electron chi connectivity index (χ0n) is 7.94. The Hall–Kier alpha value is -1.45. The summed E-state index contributed by atoms with van der Waals surface area (Å²) in [7, 11) is 0. The van der Waals surface area contributed by atoms with E-state index >= 15 is 0 Å². The third-order valence-corrected chi connectivity index (χ3v) is 1.87. The number of pyridine rings is 1. The van der Waals surface area contributed by atoms with Crippen LogP contribution in [0.5, 0.6) is 0 Å². The number of hydrogen-bond donors (Lipinski definition) is 0. The molecule has 0 aromatic carbocycles. The Morgan fingerprint density at radius 1 is 1.54 bits per heavy atom. The van der Waals surface area contributed by atoms with Crippen LogP contribution in [0.2, 0.25) is 0 Å². The molecule has 0 aliphatic carbocycles. The lowest BCUT2D eigenvalue weighted by molar-refractivity contribution is -0.386. The first kappa shape index (κ1) is 9.64. The number of aromatic nitrogens is 1. The zero-order valence-corrected chi connectivity index (χ0v) is 7.94. The summed E-state index contributed by atoms with van der Waals surface area (Å²) in [6.45, 7) is 5.69. The van der Waals surface area contributed by atoms with Crippen molar-refractivity contribution in [3.63, 3.8) is 0 Å². The Balaban J connectivity index is 3.26. The summed E-state index contributed by atoms with van der Waals surface area (Å²) in [6, 6.07) is 1.77. The molecule has 0 N–H and O–H groups in total. The molecule has 70 valence electrons. The minimum Gasteiger partial charge on any atom is -0.258 e. The van der Waals surface area contributed by atoms with Crippen molar-refractivity contribution in [2.45, 2.75) is 26.7 Å². The minimum atomic E-state index is -0.387. The van der Waals surface area contributed by atoms with Gasteiger partial charge < -0.3 is 0 Å². The molecule has 1 heterocycles. The fourth-order valence-electron chi connectivity index (χ4n) is 1.19. The van der Waals surface area contributed by atoms with E-state index in [-0.39, 0.29) is 16.5 Å². The molecule has 0 aliphatic heterocycles. The quantitative estimate of drug-likeness (QED) is 0.518. The lowest BCUT2D eigenvalue weighted by atomic mass is 10.0. The first-order valence-electron chi connectivity index (χ1n) is 4.13. The van der Waals surface area contributed by atoms with Gasteiger partial charge in [0, 0.05) is 11.3 Å². The molecular formula is C9H12N2O2. The molecule has 1 rings (SSSR count). The van der Waals surface area contributed by atoms with Crippen LogP contribution in [0.15, 0.2) is 12.3 Å². The van der Waals surface area contributed by atoms with Crippen molar-refractivity contribution in [1.29, 1.82) is 0 Å². The second-order valence-electron chi connectivity index (χ2n) is 3.30. The van der Waals surface area contributed by atoms with E-state index in [0.717, 1.165) is 11.3 Å². The summed E-state index contributed by atoms with van der Waals surface area (Å²) >= 11 is 0. The molecule has 1 aromatic rings. The van der Waals surface area contributed by atoms with Gasteiger partial charge in [0.05, 0.1) is 4.92 Å². The maximum absolute atomic E-state index is 10.6. The van der Waals surface area contributed by atoms with Crippen molar-refractivity contribution in [3.8, 4) is 0 Å². The monoisotopic (exact) mass is 180 g/mol. The Morgan fingerprint density at radius 3 is 2.62 bits per heavy atom. The van der Waals surface area contributed by atoms with E-state index in [9.17, 15) is 10.1 Å². The Morgan fingerprint density at radius 2 is 2.15 bits per heavy atom. The highest BCUT2D eigenvalue weighted by Crippen LogP contribution is 2.25. The van der Waals surface area contributed by atoms with Crippen LogP contribution in [0.4, 0.5) is 5.69 Å². The standard InChI is InChI=1S/C9H12N2O2/c1-6(2)8-4-7(3)10-5-9(8)11(12)13/h4-6H,1-3H3. The normalized spacial score (nSPS) is 10.5. The average Bonchev–Trinajstić information content (AvgIpc) is 2.03. The van der Waals surface area contributed by atoms with Crippen LogP contribution in [0.3, 0.4) is 0 Å². The minimum absolute atomic E-state index is 0.112. The van der Waals surface area contributed by atoms with Crippen LogP contribution in [0.1, 0.15) is 31.0 Å². The third kappa shape index (κ3) is 2.02. The van der Waals surface area contributed by atoms with Gasteiger partial charge in [-0.25, -0.2) is 0 Å². The summed E-state index contributed by atoms with van der Waals surface area (Å²) in [5.74, 6) is 0.155. The predicted molar refractivity (Wildman–Crippen MR) is 49.7 cm³/mol. The average molecular weight is 180 g/mol. The van der Waals surface area contributed by atoms with Gasteiger partial charge in [-0.1, -0.05) is 13.8 Å². The molecule has 0 aliphatic rings. The molecule has 0 spiro atoms. The van der Waals surface area contributed by atoms with Crippen LogP contribution >= 0.6 is 0 Å². The Bertz CT molecular complexity index is 334. The lowest BCUT2D eigenvalue weighted by Crippen LogP contribution is -1.99. The number of rotatable bonds is 2. The van der Waals surface area contributed by atoms with Crippen molar-refractivity contribution in [2.75, 3.05) is 0 Å². The van der Waals surface area contributed by atoms with Crippen molar-refractivity contribution >= 4 is 5.69 Å². The predicted octanol–water partition coefficient (Wildman–Crippen LogP) is 2.42. The van der Waals surface area contributed by atoms with Crippen molar-refractivity contribution in [2.24, 2.45) is 0 Å². The molecule has 0 amide bonds. The molecule has 13 heavy (non-hydrogen) atoms. The van der Waals surface area contributed by atoms with Gasteiger partial charge in [0.2, 0.25) is 0 Å². The van der Waals surface area contributed by atoms with Crippen LogP contribution in [-0.2, 0) is 0 Å². The topological polar surface area (TPSA) is 56.0 Å². The highest BCUT2D eigenvalue weighted by molar-refractivity contribution is 5.40. The van der Waals surface area contributed by atoms with E-state index in [1.165, 1.54) is 6.20 Å². The number of hydrogen-bond acceptors (Lipinski definition) is 3. The third-order valence-electron chi connectivity index (χ3n) is 1.87. The second-order valence-corrected chi connectivity index (χ2v) is 3.30. The summed E-state index contributed by atoms with van der Waals surface area (Å²) in [5.41, 5.74) is 1.67. The van der Waals surface area contributed by atoms with Gasteiger partial charge in [-0.2, -0.15) is 0 Å². The highest BCUT2D eigenvalue weighted by atomic mass is 16.6.